The van der Waals surface area contributed by atoms with Crippen LogP contribution < -0.4 is 10.2 Å². The van der Waals surface area contributed by atoms with E-state index in [2.05, 4.69) is 26.5 Å². The van der Waals surface area contributed by atoms with Crippen molar-refractivity contribution in [1.82, 2.24) is 5.43 Å². The standard InChI is InChI=1S/C14H12BrClN2O3/c1-9-6-10(16)2-4-12(9)20-8-14(19)18-17-7-11-3-5-13(15)21-11/h2-7H,8H2,1H3,(H,18,19)/b17-7+. The predicted octanol–water partition coefficient (Wildman–Crippen LogP) is 3.53. The van der Waals surface area contributed by atoms with Gasteiger partial charge in [-0.1, -0.05) is 11.6 Å². The Kier molecular flexibility index (Phi) is 5.41. The fourth-order valence-corrected chi connectivity index (χ4v) is 2.06. The van der Waals surface area contributed by atoms with Crippen LogP contribution in [0.25, 0.3) is 0 Å². The number of carbonyl (C=O) groups is 1. The van der Waals surface area contributed by atoms with Gasteiger partial charge >= 0.3 is 0 Å². The van der Waals surface area contributed by atoms with E-state index in [1.54, 1.807) is 30.3 Å². The van der Waals surface area contributed by atoms with Crippen molar-refractivity contribution in [2.45, 2.75) is 6.92 Å². The maximum Gasteiger partial charge on any atom is 0.277 e. The van der Waals surface area contributed by atoms with Gasteiger partial charge in [-0.05, 0) is 58.7 Å². The van der Waals surface area contributed by atoms with Crippen LogP contribution in [0.2, 0.25) is 5.02 Å². The lowest BCUT2D eigenvalue weighted by Gasteiger charge is -2.08. The third-order valence-electron chi connectivity index (χ3n) is 2.47. The summed E-state index contributed by atoms with van der Waals surface area (Å²) in [6.07, 6.45) is 1.40. The third kappa shape index (κ3) is 4.91. The van der Waals surface area contributed by atoms with Crippen molar-refractivity contribution in [3.8, 4) is 5.75 Å². The zero-order chi connectivity index (χ0) is 15.2. The number of hydrazone groups is 1. The number of halogens is 2. The van der Waals surface area contributed by atoms with Crippen molar-refractivity contribution < 1.29 is 13.9 Å². The van der Waals surface area contributed by atoms with Gasteiger partial charge in [-0.3, -0.25) is 4.79 Å². The molecule has 2 aromatic rings. The number of benzene rings is 1. The average molecular weight is 372 g/mol. The molecule has 0 aliphatic rings. The Morgan fingerprint density at radius 3 is 2.95 bits per heavy atom. The maximum absolute atomic E-state index is 11.6. The normalized spacial score (nSPS) is 10.8. The molecule has 0 aliphatic carbocycles. The Hall–Kier alpha value is -1.79. The lowest BCUT2D eigenvalue weighted by molar-refractivity contribution is -0.123. The molecule has 0 radical (unpaired) electrons. The zero-order valence-corrected chi connectivity index (χ0v) is 13.4. The second kappa shape index (κ2) is 7.28. The fourth-order valence-electron chi connectivity index (χ4n) is 1.52. The Balaban J connectivity index is 1.81. The second-order valence-corrected chi connectivity index (χ2v) is 5.35. The number of rotatable bonds is 5. The van der Waals surface area contributed by atoms with E-state index in [-0.39, 0.29) is 12.5 Å². The molecular formula is C14H12BrClN2O3. The molecule has 5 nitrogen and oxygen atoms in total. The molecule has 1 amide bonds. The van der Waals surface area contributed by atoms with Crippen LogP contribution in [0.5, 0.6) is 5.75 Å². The van der Waals surface area contributed by atoms with Gasteiger partial charge in [-0.15, -0.1) is 0 Å². The summed E-state index contributed by atoms with van der Waals surface area (Å²) >= 11 is 9.01. The van der Waals surface area contributed by atoms with Crippen LogP contribution in [-0.4, -0.2) is 18.7 Å². The van der Waals surface area contributed by atoms with Gasteiger partial charge in [0.2, 0.25) is 0 Å². The SMILES string of the molecule is Cc1cc(Cl)ccc1OCC(=O)N/N=C/c1ccc(Br)o1. The van der Waals surface area contributed by atoms with Crippen molar-refractivity contribution in [3.05, 3.63) is 51.3 Å². The number of ether oxygens (including phenoxy) is 1. The summed E-state index contributed by atoms with van der Waals surface area (Å²) in [4.78, 5) is 11.6. The summed E-state index contributed by atoms with van der Waals surface area (Å²) in [6, 6.07) is 8.63. The smallest absolute Gasteiger partial charge is 0.277 e. The highest BCUT2D eigenvalue weighted by molar-refractivity contribution is 9.10. The highest BCUT2D eigenvalue weighted by atomic mass is 79.9. The molecule has 0 atom stereocenters. The first kappa shape index (κ1) is 15.6. The van der Waals surface area contributed by atoms with Gasteiger partial charge in [-0.2, -0.15) is 5.10 Å². The van der Waals surface area contributed by atoms with Crippen molar-refractivity contribution in [2.24, 2.45) is 5.10 Å². The summed E-state index contributed by atoms with van der Waals surface area (Å²) < 4.78 is 11.2. The minimum Gasteiger partial charge on any atom is -0.483 e. The summed E-state index contributed by atoms with van der Waals surface area (Å²) in [5, 5.41) is 4.39. The van der Waals surface area contributed by atoms with Crippen molar-refractivity contribution in [2.75, 3.05) is 6.61 Å². The molecule has 2 rings (SSSR count). The van der Waals surface area contributed by atoms with Crippen LogP contribution in [0.4, 0.5) is 0 Å². The zero-order valence-electron chi connectivity index (χ0n) is 11.1. The van der Waals surface area contributed by atoms with Crippen LogP contribution in [0.3, 0.4) is 0 Å². The topological polar surface area (TPSA) is 63.8 Å². The van der Waals surface area contributed by atoms with Crippen molar-refractivity contribution >= 4 is 39.7 Å². The fraction of sp³-hybridized carbons (Fsp3) is 0.143. The molecular weight excluding hydrogens is 360 g/mol. The molecule has 0 unspecified atom stereocenters. The number of hydrogen-bond acceptors (Lipinski definition) is 4. The Labute approximate surface area is 135 Å². The molecule has 1 N–H and O–H groups in total. The molecule has 0 saturated heterocycles. The summed E-state index contributed by atoms with van der Waals surface area (Å²) in [6.45, 7) is 1.72. The number of aryl methyl sites for hydroxylation is 1. The number of furan rings is 1. The third-order valence-corrected chi connectivity index (χ3v) is 3.13. The average Bonchev–Trinajstić information content (AvgIpc) is 2.83. The number of amides is 1. The largest absolute Gasteiger partial charge is 0.483 e. The van der Waals surface area contributed by atoms with E-state index < -0.39 is 0 Å². The second-order valence-electron chi connectivity index (χ2n) is 4.13. The van der Waals surface area contributed by atoms with Crippen LogP contribution in [0, 0.1) is 6.92 Å². The maximum atomic E-state index is 11.6. The van der Waals surface area contributed by atoms with Crippen molar-refractivity contribution in [3.63, 3.8) is 0 Å². The summed E-state index contributed by atoms with van der Waals surface area (Å²) in [7, 11) is 0. The summed E-state index contributed by atoms with van der Waals surface area (Å²) in [5.74, 6) is 0.761. The number of nitrogens with zero attached hydrogens (tertiary/aromatic N) is 1. The first-order chi connectivity index (χ1) is 10.0. The lowest BCUT2D eigenvalue weighted by Crippen LogP contribution is -2.24. The van der Waals surface area contributed by atoms with E-state index in [1.165, 1.54) is 6.21 Å². The molecule has 7 heteroatoms. The van der Waals surface area contributed by atoms with E-state index in [9.17, 15) is 4.79 Å². The van der Waals surface area contributed by atoms with E-state index in [1.807, 2.05) is 6.92 Å². The Morgan fingerprint density at radius 2 is 2.29 bits per heavy atom. The van der Waals surface area contributed by atoms with E-state index in [0.717, 1.165) is 5.56 Å². The lowest BCUT2D eigenvalue weighted by atomic mass is 10.2. The van der Waals surface area contributed by atoms with Gasteiger partial charge in [0.05, 0.1) is 6.21 Å². The van der Waals surface area contributed by atoms with Gasteiger partial charge in [0, 0.05) is 5.02 Å². The highest BCUT2D eigenvalue weighted by Crippen LogP contribution is 2.21. The monoisotopic (exact) mass is 370 g/mol. The molecule has 1 aromatic carbocycles. The minimum absolute atomic E-state index is 0.137. The van der Waals surface area contributed by atoms with Crippen LogP contribution in [0.15, 0.2) is 44.5 Å². The molecule has 0 fully saturated rings. The molecule has 110 valence electrons. The Morgan fingerprint density at radius 1 is 1.48 bits per heavy atom. The van der Waals surface area contributed by atoms with Gasteiger partial charge in [-0.25, -0.2) is 5.43 Å². The Bertz CT molecular complexity index is 670. The highest BCUT2D eigenvalue weighted by Gasteiger charge is 2.04. The molecule has 0 saturated carbocycles. The summed E-state index contributed by atoms with van der Waals surface area (Å²) in [5.41, 5.74) is 3.21. The van der Waals surface area contributed by atoms with Crippen LogP contribution in [0.1, 0.15) is 11.3 Å². The molecule has 0 aliphatic heterocycles. The predicted molar refractivity (Wildman–Crippen MR) is 83.8 cm³/mol. The molecule has 0 bridgehead atoms. The number of nitrogens with one attached hydrogen (secondary N) is 1. The molecule has 21 heavy (non-hydrogen) atoms. The number of hydrogen-bond donors (Lipinski definition) is 1. The quantitative estimate of drug-likeness (QED) is 0.646. The first-order valence-corrected chi connectivity index (χ1v) is 7.18. The van der Waals surface area contributed by atoms with E-state index in [4.69, 9.17) is 20.8 Å². The van der Waals surface area contributed by atoms with Crippen molar-refractivity contribution in [1.29, 1.82) is 0 Å². The molecule has 1 aromatic heterocycles. The molecule has 0 spiro atoms. The van der Waals surface area contributed by atoms with E-state index >= 15 is 0 Å². The molecule has 1 heterocycles. The van der Waals surface area contributed by atoms with Gasteiger partial charge < -0.3 is 9.15 Å². The van der Waals surface area contributed by atoms with Gasteiger partial charge in [0.15, 0.2) is 11.3 Å². The van der Waals surface area contributed by atoms with Gasteiger partial charge in [0.1, 0.15) is 11.5 Å². The minimum atomic E-state index is -0.369. The van der Waals surface area contributed by atoms with Crippen LogP contribution >= 0.6 is 27.5 Å². The first-order valence-electron chi connectivity index (χ1n) is 6.01. The van der Waals surface area contributed by atoms with Crippen LogP contribution in [-0.2, 0) is 4.79 Å². The van der Waals surface area contributed by atoms with Gasteiger partial charge in [0.25, 0.3) is 5.91 Å². The van der Waals surface area contributed by atoms with E-state index in [0.29, 0.717) is 21.2 Å². The number of carbonyl (C=O) groups excluding carboxylic acids is 1.